The summed E-state index contributed by atoms with van der Waals surface area (Å²) in [4.78, 5) is 0. The first-order valence-corrected chi connectivity index (χ1v) is 7.88. The summed E-state index contributed by atoms with van der Waals surface area (Å²) in [5, 5.41) is 0. The van der Waals surface area contributed by atoms with Crippen LogP contribution in [0.3, 0.4) is 0 Å². The Morgan fingerprint density at radius 1 is 1.14 bits per heavy atom. The van der Waals surface area contributed by atoms with Crippen LogP contribution in [0.4, 0.5) is 0 Å². The minimum absolute atomic E-state index is 0.00287. The fraction of sp³-hybridized carbons (Fsp3) is 0.333. The molecule has 2 aromatic rings. The van der Waals surface area contributed by atoms with Gasteiger partial charge in [-0.15, -0.1) is 0 Å². The fourth-order valence-electron chi connectivity index (χ4n) is 2.48. The molecule has 0 aliphatic heterocycles. The molecule has 112 valence electrons. The highest BCUT2D eigenvalue weighted by molar-refractivity contribution is 9.10. The number of ether oxygens (including phenoxy) is 1. The van der Waals surface area contributed by atoms with E-state index in [1.165, 1.54) is 5.56 Å². The molecule has 0 aliphatic carbocycles. The second kappa shape index (κ2) is 6.63. The van der Waals surface area contributed by atoms with E-state index >= 15 is 0 Å². The van der Waals surface area contributed by atoms with Gasteiger partial charge >= 0.3 is 0 Å². The van der Waals surface area contributed by atoms with Crippen LogP contribution in [0.2, 0.25) is 0 Å². The van der Waals surface area contributed by atoms with Crippen molar-refractivity contribution in [3.05, 3.63) is 64.1 Å². The van der Waals surface area contributed by atoms with Crippen LogP contribution in [-0.4, -0.2) is 13.2 Å². The maximum absolute atomic E-state index is 6.52. The van der Waals surface area contributed by atoms with Crippen LogP contribution in [-0.2, 0) is 11.8 Å². The van der Waals surface area contributed by atoms with E-state index in [2.05, 4.69) is 60.1 Å². The van der Waals surface area contributed by atoms with Crippen molar-refractivity contribution in [3.8, 4) is 5.75 Å². The third kappa shape index (κ3) is 3.66. The van der Waals surface area contributed by atoms with Crippen LogP contribution in [0.5, 0.6) is 5.75 Å². The molecular formula is C18H22BrNO. The summed E-state index contributed by atoms with van der Waals surface area (Å²) in [6.45, 7) is 4.38. The fourth-order valence-corrected chi connectivity index (χ4v) is 2.89. The maximum Gasteiger partial charge on any atom is 0.122 e. The van der Waals surface area contributed by atoms with Crippen molar-refractivity contribution in [3.63, 3.8) is 0 Å². The first kappa shape index (κ1) is 16.1. The molecule has 0 aromatic heterocycles. The van der Waals surface area contributed by atoms with Crippen LogP contribution in [0, 0.1) is 0 Å². The number of benzene rings is 2. The molecule has 2 nitrogen and oxygen atoms in total. The Labute approximate surface area is 135 Å². The zero-order valence-corrected chi connectivity index (χ0v) is 14.4. The minimum atomic E-state index is -0.103. The second-order valence-corrected chi connectivity index (χ2v) is 6.77. The molecule has 1 unspecified atom stereocenters. The van der Waals surface area contributed by atoms with Gasteiger partial charge in [0.25, 0.3) is 0 Å². The number of rotatable bonds is 5. The average Bonchev–Trinajstić information content (AvgIpc) is 2.48. The van der Waals surface area contributed by atoms with E-state index in [4.69, 9.17) is 10.5 Å². The van der Waals surface area contributed by atoms with E-state index < -0.39 is 0 Å². The molecule has 0 aliphatic rings. The van der Waals surface area contributed by atoms with Crippen molar-refractivity contribution in [1.82, 2.24) is 0 Å². The molecule has 0 saturated heterocycles. The third-order valence-corrected chi connectivity index (χ3v) is 4.62. The predicted octanol–water partition coefficient (Wildman–Crippen LogP) is 4.31. The van der Waals surface area contributed by atoms with E-state index in [-0.39, 0.29) is 11.5 Å². The lowest BCUT2D eigenvalue weighted by Gasteiger charge is -2.32. The number of hydrogen-bond acceptors (Lipinski definition) is 2. The van der Waals surface area contributed by atoms with E-state index in [9.17, 15) is 0 Å². The Bertz CT molecular complexity index is 595. The molecule has 0 heterocycles. The zero-order valence-electron chi connectivity index (χ0n) is 12.8. The highest BCUT2D eigenvalue weighted by atomic mass is 79.9. The number of methoxy groups -OCH3 is 1. The van der Waals surface area contributed by atoms with Gasteiger partial charge in [-0.05, 0) is 35.7 Å². The summed E-state index contributed by atoms with van der Waals surface area (Å²) in [5.74, 6) is 0.887. The molecule has 2 aromatic carbocycles. The monoisotopic (exact) mass is 347 g/mol. The van der Waals surface area contributed by atoms with Crippen LogP contribution in [0.25, 0.3) is 0 Å². The molecule has 0 saturated carbocycles. The molecule has 0 bridgehead atoms. The largest absolute Gasteiger partial charge is 0.496 e. The Morgan fingerprint density at radius 3 is 2.43 bits per heavy atom. The van der Waals surface area contributed by atoms with Gasteiger partial charge in [-0.1, -0.05) is 60.1 Å². The lowest BCUT2D eigenvalue weighted by Crippen LogP contribution is -2.42. The molecule has 1 atom stereocenters. The third-order valence-electron chi connectivity index (χ3n) is 4.13. The molecule has 3 heteroatoms. The zero-order chi connectivity index (χ0) is 15.5. The van der Waals surface area contributed by atoms with E-state index in [0.717, 1.165) is 22.2 Å². The minimum Gasteiger partial charge on any atom is -0.496 e. The van der Waals surface area contributed by atoms with Gasteiger partial charge in [0.1, 0.15) is 5.75 Å². The molecule has 21 heavy (non-hydrogen) atoms. The SMILES string of the molecule is COc1ccc(Br)cc1CC(N)C(C)(C)c1ccccc1. The van der Waals surface area contributed by atoms with Crippen molar-refractivity contribution in [2.24, 2.45) is 5.73 Å². The topological polar surface area (TPSA) is 35.2 Å². The Morgan fingerprint density at radius 2 is 1.81 bits per heavy atom. The first-order chi connectivity index (χ1) is 9.95. The molecule has 2 rings (SSSR count). The predicted molar refractivity (Wildman–Crippen MR) is 91.8 cm³/mol. The number of hydrogen-bond donors (Lipinski definition) is 1. The highest BCUT2D eigenvalue weighted by Gasteiger charge is 2.29. The Balaban J connectivity index is 2.25. The lowest BCUT2D eigenvalue weighted by molar-refractivity contribution is 0.385. The molecule has 0 radical (unpaired) electrons. The Kier molecular flexibility index (Phi) is 5.07. The van der Waals surface area contributed by atoms with Crippen LogP contribution < -0.4 is 10.5 Å². The van der Waals surface area contributed by atoms with Gasteiger partial charge in [-0.2, -0.15) is 0 Å². The van der Waals surface area contributed by atoms with Gasteiger partial charge in [-0.25, -0.2) is 0 Å². The van der Waals surface area contributed by atoms with Crippen molar-refractivity contribution in [2.75, 3.05) is 7.11 Å². The standard InChI is InChI=1S/C18H22BrNO/c1-18(2,14-7-5-4-6-8-14)17(20)12-13-11-15(19)9-10-16(13)21-3/h4-11,17H,12,20H2,1-3H3. The van der Waals surface area contributed by atoms with Gasteiger partial charge in [-0.3, -0.25) is 0 Å². The maximum atomic E-state index is 6.52. The first-order valence-electron chi connectivity index (χ1n) is 7.08. The normalized spacial score (nSPS) is 13.0. The quantitative estimate of drug-likeness (QED) is 0.874. The summed E-state index contributed by atoms with van der Waals surface area (Å²) in [5.41, 5.74) is 8.80. The van der Waals surface area contributed by atoms with Crippen LogP contribution in [0.15, 0.2) is 53.0 Å². The van der Waals surface area contributed by atoms with Crippen molar-refractivity contribution >= 4 is 15.9 Å². The summed E-state index contributed by atoms with van der Waals surface area (Å²) in [6, 6.07) is 16.5. The summed E-state index contributed by atoms with van der Waals surface area (Å²) in [6.07, 6.45) is 0.768. The number of halogens is 1. The summed E-state index contributed by atoms with van der Waals surface area (Å²) < 4.78 is 6.49. The molecular weight excluding hydrogens is 326 g/mol. The number of nitrogens with two attached hydrogens (primary N) is 1. The van der Waals surface area contributed by atoms with Crippen molar-refractivity contribution in [1.29, 1.82) is 0 Å². The highest BCUT2D eigenvalue weighted by Crippen LogP contribution is 2.31. The average molecular weight is 348 g/mol. The second-order valence-electron chi connectivity index (χ2n) is 5.85. The van der Waals surface area contributed by atoms with Crippen molar-refractivity contribution in [2.45, 2.75) is 31.7 Å². The smallest absolute Gasteiger partial charge is 0.122 e. The molecule has 0 fully saturated rings. The van der Waals surface area contributed by atoms with Gasteiger partial charge in [0.05, 0.1) is 7.11 Å². The van der Waals surface area contributed by atoms with E-state index in [1.54, 1.807) is 7.11 Å². The summed E-state index contributed by atoms with van der Waals surface area (Å²) in [7, 11) is 1.70. The van der Waals surface area contributed by atoms with Crippen molar-refractivity contribution < 1.29 is 4.74 Å². The van der Waals surface area contributed by atoms with Gasteiger partial charge in [0, 0.05) is 15.9 Å². The van der Waals surface area contributed by atoms with E-state index in [1.807, 2.05) is 18.2 Å². The lowest BCUT2D eigenvalue weighted by atomic mass is 9.76. The molecule has 2 N–H and O–H groups in total. The van der Waals surface area contributed by atoms with E-state index in [0.29, 0.717) is 0 Å². The van der Waals surface area contributed by atoms with Gasteiger partial charge in [0.2, 0.25) is 0 Å². The van der Waals surface area contributed by atoms with Crippen LogP contribution >= 0.6 is 15.9 Å². The van der Waals surface area contributed by atoms with Gasteiger partial charge < -0.3 is 10.5 Å². The van der Waals surface area contributed by atoms with Gasteiger partial charge in [0.15, 0.2) is 0 Å². The summed E-state index contributed by atoms with van der Waals surface area (Å²) >= 11 is 3.51. The Hall–Kier alpha value is -1.32. The molecule has 0 spiro atoms. The van der Waals surface area contributed by atoms with Crippen LogP contribution in [0.1, 0.15) is 25.0 Å². The molecule has 0 amide bonds.